The van der Waals surface area contributed by atoms with Gasteiger partial charge in [0.05, 0.1) is 0 Å². The number of aliphatic hydroxyl groups excluding tert-OH is 1. The Bertz CT molecular complexity index is 315. The van der Waals surface area contributed by atoms with Crippen molar-refractivity contribution in [2.24, 2.45) is 0 Å². The van der Waals surface area contributed by atoms with E-state index < -0.39 is 6.10 Å². The topological polar surface area (TPSA) is 44.7 Å². The number of ether oxygens (including phenoxy) is 1. The van der Waals surface area contributed by atoms with Crippen LogP contribution in [0.15, 0.2) is 30.3 Å². The third kappa shape index (κ3) is 7.15. The van der Waals surface area contributed by atoms with Gasteiger partial charge in [-0.25, -0.2) is 0 Å². The van der Waals surface area contributed by atoms with Crippen LogP contribution >= 0.6 is 0 Å². The largest absolute Gasteiger partial charge is 0.491 e. The van der Waals surface area contributed by atoms with Crippen molar-refractivity contribution < 1.29 is 9.84 Å². The molecule has 0 aliphatic heterocycles. The minimum absolute atomic E-state index is 0.322. The van der Waals surface area contributed by atoms with E-state index in [0.29, 0.717) is 13.2 Å². The van der Waals surface area contributed by atoms with E-state index in [2.05, 4.69) is 24.1 Å². The molecule has 0 heterocycles. The van der Waals surface area contributed by atoms with Gasteiger partial charge in [-0.1, -0.05) is 32.0 Å². The third-order valence-corrected chi connectivity index (χ3v) is 3.06. The summed E-state index contributed by atoms with van der Waals surface area (Å²) in [6, 6.07) is 9.56. The molecule has 1 unspecified atom stereocenters. The second-order valence-electron chi connectivity index (χ2n) is 4.51. The van der Waals surface area contributed by atoms with E-state index in [4.69, 9.17) is 4.74 Å². The predicted molar refractivity (Wildman–Crippen MR) is 78.6 cm³/mol. The summed E-state index contributed by atoms with van der Waals surface area (Å²) in [5.74, 6) is 0.796. The van der Waals surface area contributed by atoms with Gasteiger partial charge in [-0.3, -0.25) is 0 Å². The molecule has 2 N–H and O–H groups in total. The predicted octanol–water partition coefficient (Wildman–Crippen LogP) is 1.36. The molecular formula is C15H26N2O2. The first-order chi connectivity index (χ1) is 9.26. The Labute approximate surface area is 116 Å². The van der Waals surface area contributed by atoms with Crippen molar-refractivity contribution in [3.63, 3.8) is 0 Å². The van der Waals surface area contributed by atoms with Gasteiger partial charge in [0, 0.05) is 19.6 Å². The number of hydrogen-bond donors (Lipinski definition) is 2. The Kier molecular flexibility index (Phi) is 8.21. The van der Waals surface area contributed by atoms with Crippen LogP contribution in [0.2, 0.25) is 0 Å². The van der Waals surface area contributed by atoms with Gasteiger partial charge in [0.15, 0.2) is 0 Å². The van der Waals surface area contributed by atoms with Crippen LogP contribution in [0.5, 0.6) is 5.75 Å². The van der Waals surface area contributed by atoms with Gasteiger partial charge in [-0.2, -0.15) is 0 Å². The summed E-state index contributed by atoms with van der Waals surface area (Å²) >= 11 is 0. The SMILES string of the molecule is CCN(CC)CCNCC(O)COc1ccccc1. The van der Waals surface area contributed by atoms with Crippen LogP contribution in [0, 0.1) is 0 Å². The van der Waals surface area contributed by atoms with Gasteiger partial charge < -0.3 is 20.1 Å². The lowest BCUT2D eigenvalue weighted by molar-refractivity contribution is 0.106. The normalized spacial score (nSPS) is 12.6. The van der Waals surface area contributed by atoms with E-state index in [1.54, 1.807) is 0 Å². The van der Waals surface area contributed by atoms with Crippen molar-refractivity contribution in [2.75, 3.05) is 39.3 Å². The first-order valence-electron chi connectivity index (χ1n) is 7.05. The Balaban J connectivity index is 2.06. The average molecular weight is 266 g/mol. The van der Waals surface area contributed by atoms with Crippen LogP contribution in [0.25, 0.3) is 0 Å². The molecule has 0 aromatic heterocycles. The Hall–Kier alpha value is -1.10. The Morgan fingerprint density at radius 3 is 2.53 bits per heavy atom. The number of nitrogens with one attached hydrogen (secondary N) is 1. The molecule has 1 rings (SSSR count). The van der Waals surface area contributed by atoms with Crippen LogP contribution in [0.4, 0.5) is 0 Å². The Morgan fingerprint density at radius 2 is 1.89 bits per heavy atom. The van der Waals surface area contributed by atoms with Gasteiger partial charge in [0.1, 0.15) is 18.5 Å². The van der Waals surface area contributed by atoms with E-state index in [1.807, 2.05) is 30.3 Å². The second-order valence-corrected chi connectivity index (χ2v) is 4.51. The zero-order valence-electron chi connectivity index (χ0n) is 12.0. The van der Waals surface area contributed by atoms with Crippen molar-refractivity contribution in [3.8, 4) is 5.75 Å². The van der Waals surface area contributed by atoms with E-state index in [-0.39, 0.29) is 0 Å². The standard InChI is InChI=1S/C15H26N2O2/c1-3-17(4-2)11-10-16-12-14(18)13-19-15-8-6-5-7-9-15/h5-9,14,16,18H,3-4,10-13H2,1-2H3. The van der Waals surface area contributed by atoms with Crippen molar-refractivity contribution in [1.82, 2.24) is 10.2 Å². The summed E-state index contributed by atoms with van der Waals surface area (Å²) in [4.78, 5) is 2.35. The average Bonchev–Trinajstić information content (AvgIpc) is 2.46. The highest BCUT2D eigenvalue weighted by Crippen LogP contribution is 2.08. The van der Waals surface area contributed by atoms with Gasteiger partial charge in [0.2, 0.25) is 0 Å². The maximum absolute atomic E-state index is 9.79. The minimum Gasteiger partial charge on any atom is -0.491 e. The fraction of sp³-hybridized carbons (Fsp3) is 0.600. The lowest BCUT2D eigenvalue weighted by Crippen LogP contribution is -2.37. The molecule has 4 heteroatoms. The number of benzene rings is 1. The molecule has 0 aliphatic carbocycles. The molecule has 0 saturated carbocycles. The van der Waals surface area contributed by atoms with Gasteiger partial charge in [-0.15, -0.1) is 0 Å². The highest BCUT2D eigenvalue weighted by atomic mass is 16.5. The van der Waals surface area contributed by atoms with Gasteiger partial charge >= 0.3 is 0 Å². The highest BCUT2D eigenvalue weighted by molar-refractivity contribution is 5.20. The quantitative estimate of drug-likeness (QED) is 0.628. The number of rotatable bonds is 10. The first kappa shape index (κ1) is 16.0. The monoisotopic (exact) mass is 266 g/mol. The van der Waals surface area contributed by atoms with Crippen LogP contribution < -0.4 is 10.1 Å². The fourth-order valence-corrected chi connectivity index (χ4v) is 1.81. The zero-order chi connectivity index (χ0) is 13.9. The summed E-state index contributed by atoms with van der Waals surface area (Å²) in [6.45, 7) is 9.24. The maximum atomic E-state index is 9.79. The molecule has 0 saturated heterocycles. The second kappa shape index (κ2) is 9.78. The molecule has 0 radical (unpaired) electrons. The van der Waals surface area contributed by atoms with Crippen LogP contribution in [-0.2, 0) is 0 Å². The van der Waals surface area contributed by atoms with E-state index >= 15 is 0 Å². The maximum Gasteiger partial charge on any atom is 0.119 e. The summed E-state index contributed by atoms with van der Waals surface area (Å²) in [5, 5.41) is 13.0. The van der Waals surface area contributed by atoms with Gasteiger partial charge in [-0.05, 0) is 25.2 Å². The van der Waals surface area contributed by atoms with Crippen molar-refractivity contribution >= 4 is 0 Å². The summed E-state index contributed by atoms with van der Waals surface area (Å²) in [5.41, 5.74) is 0. The molecular weight excluding hydrogens is 240 g/mol. The number of aliphatic hydroxyl groups is 1. The molecule has 1 aromatic carbocycles. The summed E-state index contributed by atoms with van der Waals surface area (Å²) in [7, 11) is 0. The van der Waals surface area contributed by atoms with Crippen LogP contribution in [-0.4, -0.2) is 55.4 Å². The first-order valence-corrected chi connectivity index (χ1v) is 7.05. The molecule has 1 atom stereocenters. The molecule has 1 aromatic rings. The van der Waals surface area contributed by atoms with Crippen LogP contribution in [0.1, 0.15) is 13.8 Å². The minimum atomic E-state index is -0.475. The fourth-order valence-electron chi connectivity index (χ4n) is 1.81. The van der Waals surface area contributed by atoms with Crippen molar-refractivity contribution in [1.29, 1.82) is 0 Å². The number of hydrogen-bond acceptors (Lipinski definition) is 4. The molecule has 0 fully saturated rings. The molecule has 0 bridgehead atoms. The molecule has 0 spiro atoms. The molecule has 19 heavy (non-hydrogen) atoms. The molecule has 108 valence electrons. The van der Waals surface area contributed by atoms with Gasteiger partial charge in [0.25, 0.3) is 0 Å². The third-order valence-electron chi connectivity index (χ3n) is 3.06. The molecule has 0 amide bonds. The number of nitrogens with zero attached hydrogens (tertiary/aromatic N) is 1. The highest BCUT2D eigenvalue weighted by Gasteiger charge is 2.05. The lowest BCUT2D eigenvalue weighted by atomic mass is 10.3. The van der Waals surface area contributed by atoms with Crippen molar-refractivity contribution in [2.45, 2.75) is 20.0 Å². The van der Waals surface area contributed by atoms with Crippen molar-refractivity contribution in [3.05, 3.63) is 30.3 Å². The van der Waals surface area contributed by atoms with E-state index in [9.17, 15) is 5.11 Å². The number of para-hydroxylation sites is 1. The molecule has 0 aliphatic rings. The zero-order valence-corrected chi connectivity index (χ0v) is 12.0. The summed E-state index contributed by atoms with van der Waals surface area (Å²) in [6.07, 6.45) is -0.475. The van der Waals surface area contributed by atoms with E-state index in [0.717, 1.165) is 31.9 Å². The Morgan fingerprint density at radius 1 is 1.21 bits per heavy atom. The summed E-state index contributed by atoms with van der Waals surface area (Å²) < 4.78 is 5.49. The smallest absolute Gasteiger partial charge is 0.119 e. The lowest BCUT2D eigenvalue weighted by Gasteiger charge is -2.19. The molecule has 4 nitrogen and oxygen atoms in total. The van der Waals surface area contributed by atoms with Crippen LogP contribution in [0.3, 0.4) is 0 Å². The number of likely N-dealkylation sites (N-methyl/N-ethyl adjacent to an activating group) is 1. The van der Waals surface area contributed by atoms with E-state index in [1.165, 1.54) is 0 Å².